The average molecular weight is 291 g/mol. The Morgan fingerprint density at radius 3 is 2.73 bits per heavy atom. The summed E-state index contributed by atoms with van der Waals surface area (Å²) in [5, 5.41) is 4.45. The standard InChI is InChI=1S/C19H19N2O/c1-14-6-2-3-7-16(14)19(20-10-11-22)12-15-13-21-18-9-5-4-8-17(15)18/h2-11,13,19-21H,12H2,1H3. The SMILES string of the molecule is Cc1ccccc1C(Cc1c[nH]c2ccccc12)N[CH]C=O. The van der Waals surface area contributed by atoms with Crippen LogP contribution >= 0.6 is 0 Å². The maximum Gasteiger partial charge on any atom is 0.138 e. The van der Waals surface area contributed by atoms with E-state index in [1.54, 1.807) is 0 Å². The van der Waals surface area contributed by atoms with E-state index in [1.165, 1.54) is 28.6 Å². The molecule has 0 spiro atoms. The highest BCUT2D eigenvalue weighted by atomic mass is 16.1. The lowest BCUT2D eigenvalue weighted by Crippen LogP contribution is -2.22. The normalized spacial score (nSPS) is 12.4. The van der Waals surface area contributed by atoms with Crippen molar-refractivity contribution < 1.29 is 4.79 Å². The summed E-state index contributed by atoms with van der Waals surface area (Å²) in [4.78, 5) is 14.0. The number of carbonyl (C=O) groups is 1. The van der Waals surface area contributed by atoms with E-state index in [0.717, 1.165) is 18.2 Å². The molecule has 111 valence electrons. The predicted molar refractivity (Wildman–Crippen MR) is 89.4 cm³/mol. The molecule has 0 saturated heterocycles. The molecule has 1 heterocycles. The Hall–Kier alpha value is -2.39. The van der Waals surface area contributed by atoms with Gasteiger partial charge in [-0.25, -0.2) is 0 Å². The van der Waals surface area contributed by atoms with Crippen molar-refractivity contribution in [3.8, 4) is 0 Å². The topological polar surface area (TPSA) is 44.9 Å². The summed E-state index contributed by atoms with van der Waals surface area (Å²) in [5.74, 6) is 0. The van der Waals surface area contributed by atoms with Gasteiger partial charge in [0.1, 0.15) is 6.29 Å². The van der Waals surface area contributed by atoms with Gasteiger partial charge < -0.3 is 9.78 Å². The molecule has 1 unspecified atom stereocenters. The molecule has 3 nitrogen and oxygen atoms in total. The van der Waals surface area contributed by atoms with Gasteiger partial charge in [-0.1, -0.05) is 42.5 Å². The number of aromatic amines is 1. The molecule has 1 atom stereocenters. The number of para-hydroxylation sites is 1. The Morgan fingerprint density at radius 1 is 1.14 bits per heavy atom. The number of carbonyl (C=O) groups excluding carboxylic acids is 1. The molecule has 1 radical (unpaired) electrons. The van der Waals surface area contributed by atoms with Crippen molar-refractivity contribution in [1.82, 2.24) is 10.3 Å². The van der Waals surface area contributed by atoms with Gasteiger partial charge in [-0.3, -0.25) is 5.32 Å². The van der Waals surface area contributed by atoms with Crippen LogP contribution in [0.15, 0.2) is 54.7 Å². The number of H-pyrrole nitrogens is 1. The van der Waals surface area contributed by atoms with Crippen molar-refractivity contribution in [2.45, 2.75) is 19.4 Å². The number of hydrogen-bond acceptors (Lipinski definition) is 2. The van der Waals surface area contributed by atoms with Gasteiger partial charge >= 0.3 is 0 Å². The molecule has 0 amide bonds. The van der Waals surface area contributed by atoms with Crippen LogP contribution in [-0.2, 0) is 11.2 Å². The molecule has 2 aromatic carbocycles. The number of benzene rings is 2. The van der Waals surface area contributed by atoms with Gasteiger partial charge in [-0.2, -0.15) is 0 Å². The zero-order valence-electron chi connectivity index (χ0n) is 12.5. The van der Waals surface area contributed by atoms with Crippen LogP contribution in [0, 0.1) is 13.5 Å². The van der Waals surface area contributed by atoms with E-state index in [-0.39, 0.29) is 6.04 Å². The first-order valence-electron chi connectivity index (χ1n) is 7.43. The number of aromatic nitrogens is 1. The maximum atomic E-state index is 10.7. The van der Waals surface area contributed by atoms with E-state index in [9.17, 15) is 4.79 Å². The molecule has 1 aromatic heterocycles. The number of nitrogens with one attached hydrogen (secondary N) is 2. The first-order valence-corrected chi connectivity index (χ1v) is 7.43. The maximum absolute atomic E-state index is 10.7. The fraction of sp³-hybridized carbons (Fsp3) is 0.158. The average Bonchev–Trinajstić information content (AvgIpc) is 2.95. The van der Waals surface area contributed by atoms with E-state index >= 15 is 0 Å². The molecule has 2 N–H and O–H groups in total. The zero-order chi connectivity index (χ0) is 15.4. The van der Waals surface area contributed by atoms with Crippen LogP contribution < -0.4 is 5.32 Å². The highest BCUT2D eigenvalue weighted by Gasteiger charge is 2.15. The third-order valence-electron chi connectivity index (χ3n) is 4.03. The second kappa shape index (κ2) is 6.58. The molecule has 0 bridgehead atoms. The molecule has 0 saturated carbocycles. The van der Waals surface area contributed by atoms with Crippen molar-refractivity contribution in [1.29, 1.82) is 0 Å². The van der Waals surface area contributed by atoms with Crippen molar-refractivity contribution in [3.63, 3.8) is 0 Å². The molecule has 22 heavy (non-hydrogen) atoms. The van der Waals surface area contributed by atoms with Gasteiger partial charge in [-0.05, 0) is 36.1 Å². The minimum absolute atomic E-state index is 0.0746. The van der Waals surface area contributed by atoms with Crippen LogP contribution in [0.25, 0.3) is 10.9 Å². The molecule has 0 aliphatic heterocycles. The van der Waals surface area contributed by atoms with Crippen LogP contribution in [0.3, 0.4) is 0 Å². The summed E-state index contributed by atoms with van der Waals surface area (Å²) in [6.07, 6.45) is 3.66. The molecule has 3 aromatic rings. The van der Waals surface area contributed by atoms with Gasteiger partial charge in [0.2, 0.25) is 0 Å². The first-order chi connectivity index (χ1) is 10.8. The predicted octanol–water partition coefficient (Wildman–Crippen LogP) is 3.71. The van der Waals surface area contributed by atoms with Gasteiger partial charge in [0.15, 0.2) is 0 Å². The minimum atomic E-state index is 0.0746. The van der Waals surface area contributed by atoms with E-state index in [0.29, 0.717) is 0 Å². The Bertz CT molecular complexity index is 776. The van der Waals surface area contributed by atoms with Crippen LogP contribution in [0.4, 0.5) is 0 Å². The molecule has 0 aliphatic carbocycles. The third-order valence-corrected chi connectivity index (χ3v) is 4.03. The highest BCUT2D eigenvalue weighted by molar-refractivity contribution is 5.83. The molecule has 0 aliphatic rings. The van der Waals surface area contributed by atoms with E-state index in [1.807, 2.05) is 24.3 Å². The molecule has 3 rings (SSSR count). The smallest absolute Gasteiger partial charge is 0.138 e. The highest BCUT2D eigenvalue weighted by Crippen LogP contribution is 2.26. The number of aryl methyl sites for hydroxylation is 1. The summed E-state index contributed by atoms with van der Waals surface area (Å²) < 4.78 is 0. The van der Waals surface area contributed by atoms with E-state index in [4.69, 9.17) is 0 Å². The number of fused-ring (bicyclic) bond motifs is 1. The monoisotopic (exact) mass is 291 g/mol. The van der Waals surface area contributed by atoms with Crippen LogP contribution in [0.5, 0.6) is 0 Å². The summed E-state index contributed by atoms with van der Waals surface area (Å²) in [6, 6.07) is 16.6. The number of rotatable bonds is 6. The first kappa shape index (κ1) is 14.5. The molecule has 3 heteroatoms. The van der Waals surface area contributed by atoms with Gasteiger partial charge in [-0.15, -0.1) is 0 Å². The summed E-state index contributed by atoms with van der Waals surface area (Å²) >= 11 is 0. The Labute approximate surface area is 130 Å². The van der Waals surface area contributed by atoms with Crippen LogP contribution in [-0.4, -0.2) is 11.3 Å². The van der Waals surface area contributed by atoms with Crippen molar-refractivity contribution in [2.75, 3.05) is 0 Å². The zero-order valence-corrected chi connectivity index (χ0v) is 12.5. The van der Waals surface area contributed by atoms with Gasteiger partial charge in [0, 0.05) is 23.1 Å². The number of aldehydes is 1. The van der Waals surface area contributed by atoms with E-state index in [2.05, 4.69) is 47.7 Å². The summed E-state index contributed by atoms with van der Waals surface area (Å²) in [6.45, 7) is 3.58. The third kappa shape index (κ3) is 2.95. The lowest BCUT2D eigenvalue weighted by atomic mass is 9.95. The second-order valence-electron chi connectivity index (χ2n) is 5.44. The Balaban J connectivity index is 1.93. The lowest BCUT2D eigenvalue weighted by molar-refractivity contribution is -0.105. The van der Waals surface area contributed by atoms with Crippen molar-refractivity contribution in [3.05, 3.63) is 78.0 Å². The molecular weight excluding hydrogens is 272 g/mol. The number of hydrogen-bond donors (Lipinski definition) is 2. The van der Waals surface area contributed by atoms with Crippen LogP contribution in [0.1, 0.15) is 22.7 Å². The fourth-order valence-electron chi connectivity index (χ4n) is 2.91. The molecular formula is C19H19N2O. The lowest BCUT2D eigenvalue weighted by Gasteiger charge is -2.19. The fourth-order valence-corrected chi connectivity index (χ4v) is 2.91. The Morgan fingerprint density at radius 2 is 1.91 bits per heavy atom. The quantitative estimate of drug-likeness (QED) is 0.680. The van der Waals surface area contributed by atoms with Crippen molar-refractivity contribution >= 4 is 17.2 Å². The Kier molecular flexibility index (Phi) is 4.35. The van der Waals surface area contributed by atoms with Gasteiger partial charge in [0.05, 0.1) is 6.54 Å². The van der Waals surface area contributed by atoms with Gasteiger partial charge in [0.25, 0.3) is 0 Å². The van der Waals surface area contributed by atoms with Crippen LogP contribution in [0.2, 0.25) is 0 Å². The largest absolute Gasteiger partial charge is 0.361 e. The summed E-state index contributed by atoms with van der Waals surface area (Å²) in [5.41, 5.74) is 4.82. The van der Waals surface area contributed by atoms with E-state index < -0.39 is 0 Å². The molecule has 0 fully saturated rings. The second-order valence-corrected chi connectivity index (χ2v) is 5.44. The minimum Gasteiger partial charge on any atom is -0.361 e. The van der Waals surface area contributed by atoms with Crippen molar-refractivity contribution in [2.24, 2.45) is 0 Å². The summed E-state index contributed by atoms with van der Waals surface area (Å²) in [7, 11) is 0.